The van der Waals surface area contributed by atoms with E-state index in [0.717, 1.165) is 22.3 Å². The zero-order valence-corrected chi connectivity index (χ0v) is 25.7. The molecule has 1 aliphatic rings. The molecule has 0 aliphatic heterocycles. The summed E-state index contributed by atoms with van der Waals surface area (Å²) in [6.45, 7) is 8.47. The van der Waals surface area contributed by atoms with Crippen LogP contribution in [0, 0.1) is 0 Å². The summed E-state index contributed by atoms with van der Waals surface area (Å²) < 4.78 is 11.0. The van der Waals surface area contributed by atoms with E-state index in [1.54, 1.807) is 20.8 Å². The van der Waals surface area contributed by atoms with E-state index in [4.69, 9.17) is 9.47 Å². The summed E-state index contributed by atoms with van der Waals surface area (Å²) in [5.41, 5.74) is 3.82. The Morgan fingerprint density at radius 2 is 1.40 bits per heavy atom. The standard InChI is InChI=1S/C33H43N3O7/c1-21(37)17-18-28(22(2)38)35-31(40)36-29(30(39)43-33(3,4)5)16-10-11-19-34-32(41)42-20-27-25-14-8-6-12-23(25)24-13-7-9-15-26(24)27/h6-9,12-15,27-29H,10-11,16-20H2,1-5H3,(H,34,41)(H2,35,36,40)/t28-,29-/m0/s1. The van der Waals surface area contributed by atoms with Crippen LogP contribution in [0.3, 0.4) is 0 Å². The lowest BCUT2D eigenvalue weighted by Crippen LogP contribution is -2.51. The molecule has 1 aliphatic carbocycles. The van der Waals surface area contributed by atoms with E-state index in [-0.39, 0.29) is 43.4 Å². The molecule has 10 nitrogen and oxygen atoms in total. The number of hydrogen-bond acceptors (Lipinski definition) is 7. The molecule has 3 rings (SSSR count). The Balaban J connectivity index is 1.47. The topological polar surface area (TPSA) is 140 Å². The number of nitrogens with one attached hydrogen (secondary N) is 3. The number of benzene rings is 2. The number of carbonyl (C=O) groups excluding carboxylic acids is 5. The Morgan fingerprint density at radius 3 is 1.95 bits per heavy atom. The average Bonchev–Trinajstić information content (AvgIpc) is 3.25. The maximum atomic E-state index is 12.8. The summed E-state index contributed by atoms with van der Waals surface area (Å²) in [6, 6.07) is 13.7. The van der Waals surface area contributed by atoms with Crippen LogP contribution in [0.5, 0.6) is 0 Å². The van der Waals surface area contributed by atoms with Gasteiger partial charge in [-0.25, -0.2) is 14.4 Å². The highest BCUT2D eigenvalue weighted by Crippen LogP contribution is 2.44. The molecular weight excluding hydrogens is 550 g/mol. The maximum absolute atomic E-state index is 12.8. The molecule has 0 bridgehead atoms. The predicted octanol–water partition coefficient (Wildman–Crippen LogP) is 5.03. The first-order valence-electron chi connectivity index (χ1n) is 14.7. The van der Waals surface area contributed by atoms with Gasteiger partial charge in [-0.1, -0.05) is 48.5 Å². The van der Waals surface area contributed by atoms with E-state index < -0.39 is 35.8 Å². The normalized spacial score (nSPS) is 13.6. The molecule has 0 spiro atoms. The summed E-state index contributed by atoms with van der Waals surface area (Å²) in [4.78, 5) is 61.2. The zero-order valence-electron chi connectivity index (χ0n) is 25.7. The van der Waals surface area contributed by atoms with Crippen LogP contribution in [0.1, 0.15) is 83.8 Å². The highest BCUT2D eigenvalue weighted by atomic mass is 16.6. The summed E-state index contributed by atoms with van der Waals surface area (Å²) in [5.74, 6) is -1.01. The molecule has 3 amide bonds. The molecule has 0 saturated carbocycles. The lowest BCUT2D eigenvalue weighted by atomic mass is 9.98. The van der Waals surface area contributed by atoms with E-state index in [0.29, 0.717) is 19.4 Å². The second-order valence-electron chi connectivity index (χ2n) is 11.9. The highest BCUT2D eigenvalue weighted by Gasteiger charge is 2.30. The Labute approximate surface area is 253 Å². The highest BCUT2D eigenvalue weighted by molar-refractivity contribution is 5.89. The van der Waals surface area contributed by atoms with Crippen LogP contribution in [0.25, 0.3) is 11.1 Å². The quantitative estimate of drug-likeness (QED) is 0.206. The molecule has 3 N–H and O–H groups in total. The molecule has 232 valence electrons. The average molecular weight is 594 g/mol. The van der Waals surface area contributed by atoms with Gasteiger partial charge in [0.25, 0.3) is 0 Å². The predicted molar refractivity (Wildman–Crippen MR) is 163 cm³/mol. The smallest absolute Gasteiger partial charge is 0.407 e. The number of alkyl carbamates (subject to hydrolysis) is 1. The molecule has 2 aromatic rings. The van der Waals surface area contributed by atoms with Gasteiger partial charge in [0.05, 0.1) is 6.04 Å². The molecule has 2 atom stereocenters. The molecule has 10 heteroatoms. The first kappa shape index (κ1) is 33.3. The van der Waals surface area contributed by atoms with Crippen molar-refractivity contribution >= 4 is 29.7 Å². The van der Waals surface area contributed by atoms with Crippen molar-refractivity contribution < 1.29 is 33.4 Å². The van der Waals surface area contributed by atoms with E-state index >= 15 is 0 Å². The van der Waals surface area contributed by atoms with Crippen molar-refractivity contribution in [2.45, 2.75) is 90.3 Å². The number of fused-ring (bicyclic) bond motifs is 3. The molecule has 0 saturated heterocycles. The minimum absolute atomic E-state index is 0.0324. The van der Waals surface area contributed by atoms with Crippen LogP contribution in [-0.2, 0) is 23.9 Å². The molecule has 0 aromatic heterocycles. The van der Waals surface area contributed by atoms with Crippen molar-refractivity contribution in [2.24, 2.45) is 0 Å². The fourth-order valence-electron chi connectivity index (χ4n) is 5.02. The van der Waals surface area contributed by atoms with Crippen LogP contribution < -0.4 is 16.0 Å². The number of ether oxygens (including phenoxy) is 2. The van der Waals surface area contributed by atoms with Crippen molar-refractivity contribution in [3.05, 3.63) is 59.7 Å². The summed E-state index contributed by atoms with van der Waals surface area (Å²) in [6.07, 6.45) is 1.08. The van der Waals surface area contributed by atoms with Crippen molar-refractivity contribution in [2.75, 3.05) is 13.2 Å². The van der Waals surface area contributed by atoms with Gasteiger partial charge < -0.3 is 30.2 Å². The Morgan fingerprint density at radius 1 is 0.814 bits per heavy atom. The lowest BCUT2D eigenvalue weighted by molar-refractivity contribution is -0.157. The number of urea groups is 1. The minimum Gasteiger partial charge on any atom is -0.458 e. The second-order valence-corrected chi connectivity index (χ2v) is 11.9. The van der Waals surface area contributed by atoms with Crippen LogP contribution >= 0.6 is 0 Å². The van der Waals surface area contributed by atoms with Crippen LogP contribution in [-0.4, -0.2) is 60.5 Å². The Kier molecular flexibility index (Phi) is 11.9. The summed E-state index contributed by atoms with van der Waals surface area (Å²) in [7, 11) is 0. The number of carbonyl (C=O) groups is 5. The summed E-state index contributed by atoms with van der Waals surface area (Å²) >= 11 is 0. The largest absolute Gasteiger partial charge is 0.458 e. The second kappa shape index (κ2) is 15.3. The summed E-state index contributed by atoms with van der Waals surface area (Å²) in [5, 5.41) is 7.92. The number of hydrogen-bond donors (Lipinski definition) is 3. The van der Waals surface area contributed by atoms with E-state index in [2.05, 4.69) is 40.2 Å². The lowest BCUT2D eigenvalue weighted by Gasteiger charge is -2.25. The van der Waals surface area contributed by atoms with E-state index in [1.807, 2.05) is 24.3 Å². The van der Waals surface area contributed by atoms with Gasteiger partial charge in [0.2, 0.25) is 0 Å². The molecule has 43 heavy (non-hydrogen) atoms. The third kappa shape index (κ3) is 10.2. The van der Waals surface area contributed by atoms with E-state index in [1.165, 1.54) is 13.8 Å². The molecular formula is C33H43N3O7. The van der Waals surface area contributed by atoms with Crippen LogP contribution in [0.2, 0.25) is 0 Å². The van der Waals surface area contributed by atoms with Crippen molar-refractivity contribution in [3.8, 4) is 11.1 Å². The number of esters is 1. The molecule has 0 radical (unpaired) electrons. The van der Waals surface area contributed by atoms with E-state index in [9.17, 15) is 24.0 Å². The minimum atomic E-state index is -0.964. The van der Waals surface area contributed by atoms with Crippen molar-refractivity contribution in [1.82, 2.24) is 16.0 Å². The monoisotopic (exact) mass is 593 g/mol. The van der Waals surface area contributed by atoms with Crippen LogP contribution in [0.15, 0.2) is 48.5 Å². The van der Waals surface area contributed by atoms with Gasteiger partial charge in [-0.2, -0.15) is 0 Å². The van der Waals surface area contributed by atoms with Gasteiger partial charge in [-0.15, -0.1) is 0 Å². The molecule has 0 unspecified atom stereocenters. The third-order valence-corrected chi connectivity index (χ3v) is 7.11. The van der Waals surface area contributed by atoms with Crippen molar-refractivity contribution in [3.63, 3.8) is 0 Å². The molecule has 0 heterocycles. The zero-order chi connectivity index (χ0) is 31.6. The maximum Gasteiger partial charge on any atom is 0.407 e. The Hall–Kier alpha value is -4.21. The fraction of sp³-hybridized carbons (Fsp3) is 0.485. The van der Waals surface area contributed by atoms with Gasteiger partial charge in [0.1, 0.15) is 24.0 Å². The van der Waals surface area contributed by atoms with Gasteiger partial charge in [-0.3, -0.25) is 4.79 Å². The fourth-order valence-corrected chi connectivity index (χ4v) is 5.02. The van der Waals surface area contributed by atoms with Crippen molar-refractivity contribution in [1.29, 1.82) is 0 Å². The van der Waals surface area contributed by atoms with Crippen LogP contribution in [0.4, 0.5) is 9.59 Å². The Bertz CT molecular complexity index is 1270. The first-order chi connectivity index (χ1) is 20.4. The van der Waals surface area contributed by atoms with Gasteiger partial charge in [0, 0.05) is 18.9 Å². The number of rotatable bonds is 14. The number of Topliss-reactive ketones (excluding diaryl/α,β-unsaturated/α-hetero) is 2. The number of ketones is 2. The SMILES string of the molecule is CC(=O)CC[C@H](NC(=O)N[C@@H](CCCCNC(=O)OCC1c2ccccc2-c2ccccc21)C(=O)OC(C)(C)C)C(C)=O. The van der Waals surface area contributed by atoms with Gasteiger partial charge in [0.15, 0.2) is 5.78 Å². The number of amides is 3. The number of unbranched alkanes of at least 4 members (excludes halogenated alkanes) is 1. The molecule has 2 aromatic carbocycles. The van der Waals surface area contributed by atoms with Gasteiger partial charge in [-0.05, 0) is 82.6 Å². The van der Waals surface area contributed by atoms with Gasteiger partial charge >= 0.3 is 18.1 Å². The third-order valence-electron chi connectivity index (χ3n) is 7.11. The first-order valence-corrected chi connectivity index (χ1v) is 14.7. The molecule has 0 fully saturated rings.